The molecule has 1 rings (SSSR count). The van der Waals surface area contributed by atoms with Gasteiger partial charge in [0.2, 0.25) is 0 Å². The number of hydrogen-bond donors (Lipinski definition) is 0. The van der Waals surface area contributed by atoms with Gasteiger partial charge in [0.25, 0.3) is 0 Å². The second-order valence-electron chi connectivity index (χ2n) is 4.60. The highest BCUT2D eigenvalue weighted by Gasteiger charge is 2.14. The fourth-order valence-electron chi connectivity index (χ4n) is 2.23. The molecule has 0 aliphatic carbocycles. The Kier molecular flexibility index (Phi) is 4.62. The summed E-state index contributed by atoms with van der Waals surface area (Å²) in [6.07, 6.45) is 9.21. The van der Waals surface area contributed by atoms with Gasteiger partial charge in [0.15, 0.2) is 0 Å². The highest BCUT2D eigenvalue weighted by molar-refractivity contribution is 5.44. The molecule has 0 aliphatic rings. The molecule has 0 spiro atoms. The normalized spacial score (nSPS) is 12.2. The topological polar surface area (TPSA) is 0 Å². The third-order valence-corrected chi connectivity index (χ3v) is 3.40. The van der Waals surface area contributed by atoms with Gasteiger partial charge < -0.3 is 0 Å². The number of rotatable bonds is 4. The van der Waals surface area contributed by atoms with E-state index < -0.39 is 0 Å². The Hall–Kier alpha value is -1.22. The lowest BCUT2D eigenvalue weighted by molar-refractivity contribution is 0.671. The van der Waals surface area contributed by atoms with Crippen LogP contribution in [0.15, 0.2) is 12.1 Å². The zero-order chi connectivity index (χ0) is 12.1. The van der Waals surface area contributed by atoms with Crippen molar-refractivity contribution in [3.8, 4) is 12.3 Å². The maximum atomic E-state index is 5.68. The lowest BCUT2D eigenvalue weighted by Gasteiger charge is -2.18. The molecule has 0 heteroatoms. The van der Waals surface area contributed by atoms with Gasteiger partial charge in [-0.2, -0.15) is 0 Å². The van der Waals surface area contributed by atoms with Gasteiger partial charge in [-0.3, -0.25) is 0 Å². The van der Waals surface area contributed by atoms with Gasteiger partial charge in [0, 0.05) is 5.92 Å². The monoisotopic (exact) mass is 214 g/mol. The molecule has 0 radical (unpaired) electrons. The van der Waals surface area contributed by atoms with Gasteiger partial charge in [-0.05, 0) is 49.4 Å². The maximum absolute atomic E-state index is 5.68. The molecule has 1 unspecified atom stereocenters. The van der Waals surface area contributed by atoms with E-state index in [-0.39, 0.29) is 0 Å². The van der Waals surface area contributed by atoms with E-state index in [9.17, 15) is 0 Å². The molecule has 0 bridgehead atoms. The summed E-state index contributed by atoms with van der Waals surface area (Å²) >= 11 is 0. The molecular formula is C16H22. The summed E-state index contributed by atoms with van der Waals surface area (Å²) in [5.74, 6) is 3.25. The molecule has 0 aromatic heterocycles. The Balaban J connectivity index is 3.10. The predicted molar refractivity (Wildman–Crippen MR) is 71.8 cm³/mol. The fraction of sp³-hybridized carbons (Fsp3) is 0.500. The van der Waals surface area contributed by atoms with E-state index in [1.165, 1.54) is 35.1 Å². The molecule has 1 aromatic carbocycles. The summed E-state index contributed by atoms with van der Waals surface area (Å²) in [6.45, 7) is 8.72. The fourth-order valence-corrected chi connectivity index (χ4v) is 2.23. The van der Waals surface area contributed by atoms with Crippen LogP contribution < -0.4 is 0 Å². The van der Waals surface area contributed by atoms with Gasteiger partial charge in [0.1, 0.15) is 0 Å². The Morgan fingerprint density at radius 3 is 2.38 bits per heavy atom. The standard InChI is InChI=1S/C16H22/c1-6-8-9-15(7-2)16-13(4)11-10-12(3)14(16)5/h2,10-11,15H,6,8-9H2,1,3-5H3. The molecule has 1 atom stereocenters. The highest BCUT2D eigenvalue weighted by Crippen LogP contribution is 2.29. The van der Waals surface area contributed by atoms with Gasteiger partial charge >= 0.3 is 0 Å². The van der Waals surface area contributed by atoms with Gasteiger partial charge in [-0.25, -0.2) is 0 Å². The molecular weight excluding hydrogens is 192 g/mol. The lowest BCUT2D eigenvalue weighted by Crippen LogP contribution is -2.03. The second-order valence-corrected chi connectivity index (χ2v) is 4.60. The Morgan fingerprint density at radius 2 is 1.81 bits per heavy atom. The summed E-state index contributed by atoms with van der Waals surface area (Å²) in [5, 5.41) is 0. The maximum Gasteiger partial charge on any atom is 0.0455 e. The van der Waals surface area contributed by atoms with E-state index in [2.05, 4.69) is 45.7 Å². The highest BCUT2D eigenvalue weighted by atomic mass is 14.2. The van der Waals surface area contributed by atoms with Crippen LogP contribution in [0.5, 0.6) is 0 Å². The van der Waals surface area contributed by atoms with Crippen LogP contribution in [0.25, 0.3) is 0 Å². The van der Waals surface area contributed by atoms with E-state index in [0.717, 1.165) is 6.42 Å². The Morgan fingerprint density at radius 1 is 1.19 bits per heavy atom. The summed E-state index contributed by atoms with van der Waals surface area (Å²) in [7, 11) is 0. The molecule has 0 nitrogen and oxygen atoms in total. The van der Waals surface area contributed by atoms with Crippen molar-refractivity contribution in [3.05, 3.63) is 34.4 Å². The van der Waals surface area contributed by atoms with Crippen molar-refractivity contribution >= 4 is 0 Å². The van der Waals surface area contributed by atoms with Crippen LogP contribution in [0.1, 0.15) is 54.4 Å². The van der Waals surface area contributed by atoms with Crippen molar-refractivity contribution in [1.82, 2.24) is 0 Å². The van der Waals surface area contributed by atoms with Crippen LogP contribution in [-0.2, 0) is 0 Å². The zero-order valence-corrected chi connectivity index (χ0v) is 10.9. The molecule has 0 N–H and O–H groups in total. The van der Waals surface area contributed by atoms with Crippen LogP contribution in [-0.4, -0.2) is 0 Å². The molecule has 0 saturated heterocycles. The summed E-state index contributed by atoms with van der Waals surface area (Å²) < 4.78 is 0. The number of unbranched alkanes of at least 4 members (excludes halogenated alkanes) is 1. The van der Waals surface area contributed by atoms with Gasteiger partial charge in [-0.1, -0.05) is 37.8 Å². The average molecular weight is 214 g/mol. The van der Waals surface area contributed by atoms with Gasteiger partial charge in [0.05, 0.1) is 0 Å². The minimum absolute atomic E-state index is 0.292. The molecule has 0 fully saturated rings. The summed E-state index contributed by atoms with van der Waals surface area (Å²) in [5.41, 5.74) is 5.44. The molecule has 1 aromatic rings. The summed E-state index contributed by atoms with van der Waals surface area (Å²) in [4.78, 5) is 0. The quantitative estimate of drug-likeness (QED) is 0.646. The Bertz CT molecular complexity index is 393. The first-order valence-corrected chi connectivity index (χ1v) is 6.14. The summed E-state index contributed by atoms with van der Waals surface area (Å²) in [6, 6.07) is 4.37. The third-order valence-electron chi connectivity index (χ3n) is 3.40. The Labute approximate surface area is 100 Å². The first-order valence-electron chi connectivity index (χ1n) is 6.14. The van der Waals surface area contributed by atoms with Crippen LogP contribution in [0, 0.1) is 33.1 Å². The van der Waals surface area contributed by atoms with Crippen LogP contribution in [0.2, 0.25) is 0 Å². The van der Waals surface area contributed by atoms with E-state index in [1.807, 2.05) is 0 Å². The van der Waals surface area contributed by atoms with Crippen LogP contribution in [0.4, 0.5) is 0 Å². The molecule has 0 saturated carbocycles. The van der Waals surface area contributed by atoms with E-state index in [1.54, 1.807) is 0 Å². The zero-order valence-electron chi connectivity index (χ0n) is 10.9. The van der Waals surface area contributed by atoms with Crippen molar-refractivity contribution in [2.24, 2.45) is 0 Å². The van der Waals surface area contributed by atoms with Crippen LogP contribution in [0.3, 0.4) is 0 Å². The number of terminal acetylenes is 1. The van der Waals surface area contributed by atoms with Crippen LogP contribution >= 0.6 is 0 Å². The van der Waals surface area contributed by atoms with Gasteiger partial charge in [-0.15, -0.1) is 6.42 Å². The third kappa shape index (κ3) is 2.67. The number of hydrogen-bond acceptors (Lipinski definition) is 0. The van der Waals surface area contributed by atoms with E-state index in [4.69, 9.17) is 6.42 Å². The molecule has 0 amide bonds. The predicted octanol–water partition coefficient (Wildman–Crippen LogP) is 4.52. The van der Waals surface area contributed by atoms with Crippen molar-refractivity contribution in [3.63, 3.8) is 0 Å². The number of aryl methyl sites for hydroxylation is 2. The first-order chi connectivity index (χ1) is 7.61. The average Bonchev–Trinajstić information content (AvgIpc) is 2.28. The van der Waals surface area contributed by atoms with Crippen molar-refractivity contribution < 1.29 is 0 Å². The molecule has 0 heterocycles. The minimum atomic E-state index is 0.292. The van der Waals surface area contributed by atoms with Crippen molar-refractivity contribution in [1.29, 1.82) is 0 Å². The smallest absolute Gasteiger partial charge is 0.0455 e. The first kappa shape index (κ1) is 12.8. The number of benzene rings is 1. The molecule has 16 heavy (non-hydrogen) atoms. The largest absolute Gasteiger partial charge is 0.119 e. The minimum Gasteiger partial charge on any atom is -0.119 e. The van der Waals surface area contributed by atoms with Crippen molar-refractivity contribution in [2.75, 3.05) is 0 Å². The lowest BCUT2D eigenvalue weighted by atomic mass is 9.86. The second kappa shape index (κ2) is 5.75. The molecule has 0 aliphatic heterocycles. The van der Waals surface area contributed by atoms with Crippen molar-refractivity contribution in [2.45, 2.75) is 52.9 Å². The van der Waals surface area contributed by atoms with E-state index in [0.29, 0.717) is 5.92 Å². The SMILES string of the molecule is C#CC(CCCC)c1c(C)ccc(C)c1C. The molecule has 86 valence electrons. The van der Waals surface area contributed by atoms with E-state index >= 15 is 0 Å².